The third kappa shape index (κ3) is 14.0. The Bertz CT molecular complexity index is 1490. The van der Waals surface area contributed by atoms with Gasteiger partial charge in [-0.3, -0.25) is 14.4 Å². The topological polar surface area (TPSA) is 212 Å². The van der Waals surface area contributed by atoms with E-state index >= 15 is 0 Å². The van der Waals surface area contributed by atoms with Crippen LogP contribution in [0, 0.1) is 17.8 Å². The molecule has 0 radical (unpaired) electrons. The summed E-state index contributed by atoms with van der Waals surface area (Å²) in [4.78, 5) is 57.8. The van der Waals surface area contributed by atoms with Gasteiger partial charge >= 0.3 is 6.03 Å². The average Bonchev–Trinajstić information content (AvgIpc) is 2.99. The third-order valence-electron chi connectivity index (χ3n) is 6.55. The first kappa shape index (κ1) is 37.6. The van der Waals surface area contributed by atoms with Gasteiger partial charge in [-0.25, -0.2) is 23.2 Å². The van der Waals surface area contributed by atoms with Crippen LogP contribution in [0.15, 0.2) is 41.8 Å². The zero-order chi connectivity index (χ0) is 34.1. The van der Waals surface area contributed by atoms with Gasteiger partial charge in [0.1, 0.15) is 12.1 Å². The maximum atomic E-state index is 13.3. The van der Waals surface area contributed by atoms with Gasteiger partial charge in [0, 0.05) is 50.8 Å². The van der Waals surface area contributed by atoms with Crippen molar-refractivity contribution >= 4 is 39.3 Å². The van der Waals surface area contributed by atoms with E-state index in [1.54, 1.807) is 33.1 Å². The summed E-state index contributed by atoms with van der Waals surface area (Å²) in [6, 6.07) is 4.59. The molecule has 14 nitrogen and oxygen atoms in total. The molecule has 15 heteroatoms. The number of carbonyl (C=O) groups is 4. The Morgan fingerprint density at radius 1 is 0.978 bits per heavy atom. The number of carbonyl (C=O) groups excluding carboxylic acids is 4. The molecule has 0 bridgehead atoms. The molecule has 0 spiro atoms. The predicted molar refractivity (Wildman–Crippen MR) is 172 cm³/mol. The Balaban J connectivity index is 1.93. The van der Waals surface area contributed by atoms with Crippen LogP contribution in [0.25, 0.3) is 0 Å². The lowest BCUT2D eigenvalue weighted by atomic mass is 10.0. The van der Waals surface area contributed by atoms with Crippen LogP contribution in [-0.2, 0) is 35.6 Å². The Morgan fingerprint density at radius 2 is 1.65 bits per heavy atom. The number of nitrogens with two attached hydrogens (primary N) is 1. The van der Waals surface area contributed by atoms with Gasteiger partial charge in [0.05, 0.1) is 12.2 Å². The number of nitrogens with zero attached hydrogens (tertiary/aromatic N) is 2. The second-order valence-electron chi connectivity index (χ2n) is 10.9. The molecule has 2 unspecified atom stereocenters. The number of nitrogens with one attached hydrogen (secondary N) is 4. The Morgan fingerprint density at radius 3 is 2.24 bits per heavy atom. The first-order chi connectivity index (χ1) is 21.8. The largest absolute Gasteiger partial charge is 0.380 e. The standard InChI is InChI=1S/C31H43N7O7S/c1-21(2)27(38-26(39)12-8-6-5-7-10-23-18-34-31(35-19-23)46(4,43)44)29(41)37-25(11-9-17-33-30(32)42)28(40)36-24-15-13-22(14-16-24)20-45-3/h13-16,18-19,21,25,27H,5-6,8-9,11-12,17,20H2,1-4H3,(H,36,40)(H,37,41)(H,38,39)(H3,32,33,42). The molecule has 46 heavy (non-hydrogen) atoms. The van der Waals surface area contributed by atoms with Crippen molar-refractivity contribution in [2.24, 2.45) is 11.7 Å². The fourth-order valence-corrected chi connectivity index (χ4v) is 4.63. The molecule has 2 rings (SSSR count). The monoisotopic (exact) mass is 657 g/mol. The van der Waals surface area contributed by atoms with Gasteiger partial charge in [0.15, 0.2) is 0 Å². The highest BCUT2D eigenvalue weighted by Gasteiger charge is 2.28. The summed E-state index contributed by atoms with van der Waals surface area (Å²) in [5.74, 6) is 4.28. The molecular formula is C31H43N7O7S. The first-order valence-electron chi connectivity index (χ1n) is 14.8. The van der Waals surface area contributed by atoms with Gasteiger partial charge in [0.2, 0.25) is 32.7 Å². The van der Waals surface area contributed by atoms with Gasteiger partial charge in [-0.15, -0.1) is 0 Å². The van der Waals surface area contributed by atoms with E-state index in [2.05, 4.69) is 43.1 Å². The lowest BCUT2D eigenvalue weighted by Crippen LogP contribution is -2.54. The SMILES string of the molecule is COCc1ccc(NC(=O)C(CCCNC(N)=O)NC(=O)C(NC(=O)CCCCC#Cc2cnc(S(C)(=O)=O)nc2)C(C)C)cc1. The summed E-state index contributed by atoms with van der Waals surface area (Å²) in [6.07, 6.45) is 6.10. The quantitative estimate of drug-likeness (QED) is 0.0949. The number of primary amides is 1. The van der Waals surface area contributed by atoms with Gasteiger partial charge in [0.25, 0.3) is 0 Å². The molecule has 0 fully saturated rings. The Hall–Kier alpha value is -4.55. The number of rotatable bonds is 17. The number of aromatic nitrogens is 2. The van der Waals surface area contributed by atoms with E-state index in [-0.39, 0.29) is 36.4 Å². The minimum Gasteiger partial charge on any atom is -0.380 e. The lowest BCUT2D eigenvalue weighted by Gasteiger charge is -2.25. The summed E-state index contributed by atoms with van der Waals surface area (Å²) < 4.78 is 28.0. The van der Waals surface area contributed by atoms with E-state index in [1.807, 2.05) is 12.1 Å². The fraction of sp³-hybridized carbons (Fsp3) is 0.484. The molecule has 250 valence electrons. The minimum atomic E-state index is -3.48. The molecule has 1 aromatic heterocycles. The molecule has 0 aliphatic carbocycles. The normalized spacial score (nSPS) is 12.3. The van der Waals surface area contributed by atoms with Gasteiger partial charge < -0.3 is 31.7 Å². The van der Waals surface area contributed by atoms with E-state index in [9.17, 15) is 27.6 Å². The van der Waals surface area contributed by atoms with Crippen molar-refractivity contribution in [2.75, 3.05) is 25.2 Å². The first-order valence-corrected chi connectivity index (χ1v) is 16.7. The number of sulfone groups is 1. The van der Waals surface area contributed by atoms with E-state index in [0.29, 0.717) is 43.5 Å². The van der Waals surface area contributed by atoms with Gasteiger partial charge in [-0.2, -0.15) is 0 Å². The molecule has 2 aromatic rings. The number of hydrogen-bond donors (Lipinski definition) is 5. The zero-order valence-electron chi connectivity index (χ0n) is 26.6. The van der Waals surface area contributed by atoms with Crippen molar-refractivity contribution in [1.82, 2.24) is 25.9 Å². The van der Waals surface area contributed by atoms with Crippen LogP contribution < -0.4 is 27.0 Å². The molecule has 5 amide bonds. The number of methoxy groups -OCH3 is 1. The number of ether oxygens (including phenoxy) is 1. The fourth-order valence-electron chi connectivity index (χ4n) is 4.14. The summed E-state index contributed by atoms with van der Waals surface area (Å²) in [5.41, 5.74) is 7.08. The second-order valence-corrected chi connectivity index (χ2v) is 12.8. The maximum Gasteiger partial charge on any atom is 0.312 e. The Kier molecular flexibility index (Phi) is 15.6. The van der Waals surface area contributed by atoms with Crippen molar-refractivity contribution in [3.8, 4) is 11.8 Å². The van der Waals surface area contributed by atoms with Crippen LogP contribution in [0.2, 0.25) is 0 Å². The average molecular weight is 658 g/mol. The van der Waals surface area contributed by atoms with Crippen LogP contribution >= 0.6 is 0 Å². The van der Waals surface area contributed by atoms with E-state index in [0.717, 1.165) is 11.8 Å². The highest BCUT2D eigenvalue weighted by atomic mass is 32.2. The van der Waals surface area contributed by atoms with Crippen LogP contribution in [-0.4, -0.2) is 74.1 Å². The molecule has 2 atom stereocenters. The second kappa shape index (κ2) is 19.1. The molecule has 0 saturated heterocycles. The number of unbranched alkanes of at least 4 members (excludes halogenated alkanes) is 2. The lowest BCUT2D eigenvalue weighted by molar-refractivity contribution is -0.132. The summed E-state index contributed by atoms with van der Waals surface area (Å²) >= 11 is 0. The summed E-state index contributed by atoms with van der Waals surface area (Å²) in [7, 11) is -1.89. The van der Waals surface area contributed by atoms with Crippen LogP contribution in [0.5, 0.6) is 0 Å². The molecular weight excluding hydrogens is 614 g/mol. The number of hydrogen-bond acceptors (Lipinski definition) is 9. The maximum absolute atomic E-state index is 13.3. The molecule has 0 aliphatic heterocycles. The number of benzene rings is 1. The highest BCUT2D eigenvalue weighted by molar-refractivity contribution is 7.90. The van der Waals surface area contributed by atoms with Crippen molar-refractivity contribution < 1.29 is 32.3 Å². The smallest absolute Gasteiger partial charge is 0.312 e. The van der Waals surface area contributed by atoms with Crippen LogP contribution in [0.1, 0.15) is 63.5 Å². The van der Waals surface area contributed by atoms with Gasteiger partial charge in [-0.1, -0.05) is 37.8 Å². The van der Waals surface area contributed by atoms with Crippen molar-refractivity contribution in [3.63, 3.8) is 0 Å². The van der Waals surface area contributed by atoms with Crippen molar-refractivity contribution in [1.29, 1.82) is 0 Å². The molecule has 0 aliphatic rings. The number of amides is 5. The Labute approximate surface area is 270 Å². The van der Waals surface area contributed by atoms with Crippen LogP contribution in [0.3, 0.4) is 0 Å². The van der Waals surface area contributed by atoms with Crippen molar-refractivity contribution in [3.05, 3.63) is 47.8 Å². The summed E-state index contributed by atoms with van der Waals surface area (Å²) in [6.45, 7) is 4.23. The molecule has 1 heterocycles. The molecule has 0 saturated carbocycles. The molecule has 6 N–H and O–H groups in total. The minimum absolute atomic E-state index is 0.173. The van der Waals surface area contributed by atoms with Crippen LogP contribution in [0.4, 0.5) is 10.5 Å². The highest BCUT2D eigenvalue weighted by Crippen LogP contribution is 2.13. The van der Waals surface area contributed by atoms with E-state index in [4.69, 9.17) is 10.5 Å². The predicted octanol–water partition coefficient (Wildman–Crippen LogP) is 1.65. The van der Waals surface area contributed by atoms with E-state index in [1.165, 1.54) is 12.4 Å². The van der Waals surface area contributed by atoms with Gasteiger partial charge in [-0.05, 0) is 49.3 Å². The zero-order valence-corrected chi connectivity index (χ0v) is 27.4. The number of anilines is 1. The third-order valence-corrected chi connectivity index (χ3v) is 7.42. The molecule has 1 aromatic carbocycles. The number of urea groups is 1. The van der Waals surface area contributed by atoms with Crippen molar-refractivity contribution in [2.45, 2.75) is 76.2 Å². The summed E-state index contributed by atoms with van der Waals surface area (Å²) in [5, 5.41) is 10.5. The van der Waals surface area contributed by atoms with E-state index < -0.39 is 39.8 Å².